The minimum Gasteiger partial charge on any atom is -0.354 e. The molecule has 0 heterocycles. The Kier molecular flexibility index (Phi) is 8.86. The second kappa shape index (κ2) is 11.1. The molecule has 0 saturated carbocycles. The molecule has 1 N–H and O–H groups in total. The summed E-state index contributed by atoms with van der Waals surface area (Å²) in [6.45, 7) is 4.82. The molecule has 1 aliphatic carbocycles. The van der Waals surface area contributed by atoms with Crippen molar-refractivity contribution in [1.82, 2.24) is 10.2 Å². The summed E-state index contributed by atoms with van der Waals surface area (Å²) < 4.78 is 0. The van der Waals surface area contributed by atoms with Crippen molar-refractivity contribution in [2.24, 2.45) is 0 Å². The molecule has 4 nitrogen and oxygen atoms in total. The van der Waals surface area contributed by atoms with E-state index in [0.717, 1.165) is 31.2 Å². The van der Waals surface area contributed by atoms with E-state index in [4.69, 9.17) is 11.6 Å². The van der Waals surface area contributed by atoms with Gasteiger partial charge < -0.3 is 10.2 Å². The number of carbonyl (C=O) groups excluding carboxylic acids is 2. The summed E-state index contributed by atoms with van der Waals surface area (Å²) in [6, 6.07) is 6.91. The maximum absolute atomic E-state index is 12.6. The van der Waals surface area contributed by atoms with E-state index in [1.165, 1.54) is 18.4 Å². The monoisotopic (exact) mass is 390 g/mol. The van der Waals surface area contributed by atoms with Crippen LogP contribution in [0.25, 0.3) is 0 Å². The van der Waals surface area contributed by atoms with Gasteiger partial charge in [-0.15, -0.1) is 0 Å². The third-order valence-corrected chi connectivity index (χ3v) is 5.28. The lowest BCUT2D eigenvalue weighted by Gasteiger charge is -2.29. The molecule has 148 valence electrons. The molecule has 0 unspecified atom stereocenters. The summed E-state index contributed by atoms with van der Waals surface area (Å²) in [5, 5.41) is 3.67. The van der Waals surface area contributed by atoms with Crippen molar-refractivity contribution in [3.05, 3.63) is 46.5 Å². The molecule has 2 amide bonds. The standard InChI is InChI=1S/C22H31ClN2O2/c1-3-7-21(26)25(16-19-10-12-20(23)13-11-19)17(2)22(27)24-15-14-18-8-5-4-6-9-18/h8,10-13,17H,3-7,9,14-16H2,1-2H3,(H,24,27)/t17-/m0/s1. The number of nitrogens with zero attached hydrogens (tertiary/aromatic N) is 1. The van der Waals surface area contributed by atoms with Crippen molar-refractivity contribution in [1.29, 1.82) is 0 Å². The normalized spacial score (nSPS) is 15.0. The van der Waals surface area contributed by atoms with E-state index < -0.39 is 6.04 Å². The van der Waals surface area contributed by atoms with Gasteiger partial charge in [-0.05, 0) is 63.1 Å². The SMILES string of the molecule is CCCC(=O)N(Cc1ccc(Cl)cc1)[C@@H](C)C(=O)NCCC1=CCCCC1. The molecule has 0 aromatic heterocycles. The van der Waals surface area contributed by atoms with Crippen LogP contribution in [0.3, 0.4) is 0 Å². The Bertz CT molecular complexity index is 655. The fourth-order valence-corrected chi connectivity index (χ4v) is 3.48. The van der Waals surface area contributed by atoms with Gasteiger partial charge in [-0.3, -0.25) is 9.59 Å². The second-order valence-electron chi connectivity index (χ2n) is 7.22. The molecular formula is C22H31ClN2O2. The second-order valence-corrected chi connectivity index (χ2v) is 7.66. The minimum atomic E-state index is -0.500. The lowest BCUT2D eigenvalue weighted by atomic mass is 9.97. The first-order valence-electron chi connectivity index (χ1n) is 10.0. The largest absolute Gasteiger partial charge is 0.354 e. The van der Waals surface area contributed by atoms with Gasteiger partial charge in [0.2, 0.25) is 11.8 Å². The number of amides is 2. The highest BCUT2D eigenvalue weighted by molar-refractivity contribution is 6.30. The molecular weight excluding hydrogens is 360 g/mol. The lowest BCUT2D eigenvalue weighted by molar-refractivity contribution is -0.140. The summed E-state index contributed by atoms with van der Waals surface area (Å²) in [5.74, 6) is -0.0880. The van der Waals surface area contributed by atoms with Crippen molar-refractivity contribution in [3.63, 3.8) is 0 Å². The van der Waals surface area contributed by atoms with E-state index in [1.54, 1.807) is 11.8 Å². The van der Waals surface area contributed by atoms with Crippen LogP contribution < -0.4 is 5.32 Å². The third-order valence-electron chi connectivity index (χ3n) is 5.03. The van der Waals surface area contributed by atoms with Crippen LogP contribution in [0.1, 0.15) is 64.4 Å². The Morgan fingerprint density at radius 2 is 1.96 bits per heavy atom. The van der Waals surface area contributed by atoms with Gasteiger partial charge in [0, 0.05) is 24.5 Å². The van der Waals surface area contributed by atoms with Gasteiger partial charge >= 0.3 is 0 Å². The van der Waals surface area contributed by atoms with Crippen LogP contribution in [0.5, 0.6) is 0 Å². The van der Waals surface area contributed by atoms with Crippen LogP contribution in [0.4, 0.5) is 0 Å². The first-order valence-corrected chi connectivity index (χ1v) is 10.4. The molecule has 1 aromatic carbocycles. The number of nitrogens with one attached hydrogen (secondary N) is 1. The molecule has 0 spiro atoms. The van der Waals surface area contributed by atoms with Crippen LogP contribution in [-0.2, 0) is 16.1 Å². The van der Waals surface area contributed by atoms with Crippen LogP contribution >= 0.6 is 11.6 Å². The van der Waals surface area contributed by atoms with E-state index >= 15 is 0 Å². The number of hydrogen-bond donors (Lipinski definition) is 1. The Morgan fingerprint density at radius 3 is 2.59 bits per heavy atom. The maximum Gasteiger partial charge on any atom is 0.242 e. The third kappa shape index (κ3) is 7.02. The number of rotatable bonds is 9. The van der Waals surface area contributed by atoms with Gasteiger partial charge in [0.15, 0.2) is 0 Å². The molecule has 0 bridgehead atoms. The van der Waals surface area contributed by atoms with E-state index in [-0.39, 0.29) is 11.8 Å². The van der Waals surface area contributed by atoms with Crippen LogP contribution in [-0.4, -0.2) is 29.3 Å². The molecule has 0 radical (unpaired) electrons. The average molecular weight is 391 g/mol. The number of allylic oxidation sites excluding steroid dienone is 1. The number of hydrogen-bond acceptors (Lipinski definition) is 2. The Morgan fingerprint density at radius 1 is 1.22 bits per heavy atom. The highest BCUT2D eigenvalue weighted by atomic mass is 35.5. The smallest absolute Gasteiger partial charge is 0.242 e. The van der Waals surface area contributed by atoms with Gasteiger partial charge in [0.1, 0.15) is 6.04 Å². The van der Waals surface area contributed by atoms with Crippen molar-refractivity contribution in [2.75, 3.05) is 6.54 Å². The van der Waals surface area contributed by atoms with Gasteiger partial charge in [-0.2, -0.15) is 0 Å². The zero-order valence-corrected chi connectivity index (χ0v) is 17.2. The van der Waals surface area contributed by atoms with Crippen LogP contribution in [0.2, 0.25) is 5.02 Å². The maximum atomic E-state index is 12.6. The van der Waals surface area contributed by atoms with E-state index in [1.807, 2.05) is 31.2 Å². The zero-order valence-electron chi connectivity index (χ0n) is 16.5. The first kappa shape index (κ1) is 21.5. The summed E-state index contributed by atoms with van der Waals surface area (Å²) >= 11 is 5.95. The lowest BCUT2D eigenvalue weighted by Crippen LogP contribution is -2.47. The number of benzene rings is 1. The number of halogens is 1. The van der Waals surface area contributed by atoms with E-state index in [0.29, 0.717) is 24.5 Å². The van der Waals surface area contributed by atoms with Crippen LogP contribution in [0.15, 0.2) is 35.9 Å². The van der Waals surface area contributed by atoms with Gasteiger partial charge in [-0.25, -0.2) is 0 Å². The average Bonchev–Trinajstić information content (AvgIpc) is 2.68. The van der Waals surface area contributed by atoms with E-state index in [2.05, 4.69) is 11.4 Å². The Hall–Kier alpha value is -1.81. The molecule has 1 aliphatic rings. The molecule has 0 saturated heterocycles. The van der Waals surface area contributed by atoms with Gasteiger partial charge in [-0.1, -0.05) is 42.3 Å². The summed E-state index contributed by atoms with van der Waals surface area (Å²) in [5.41, 5.74) is 2.41. The minimum absolute atomic E-state index is 0.00471. The molecule has 1 aromatic rings. The van der Waals surface area contributed by atoms with Crippen molar-refractivity contribution in [2.45, 2.75) is 71.4 Å². The first-order chi connectivity index (χ1) is 13.0. The van der Waals surface area contributed by atoms with Gasteiger partial charge in [0.25, 0.3) is 0 Å². The molecule has 1 atom stereocenters. The highest BCUT2D eigenvalue weighted by Crippen LogP contribution is 2.19. The Labute approximate surface area is 168 Å². The number of carbonyl (C=O) groups is 2. The molecule has 27 heavy (non-hydrogen) atoms. The summed E-state index contributed by atoms with van der Waals surface area (Å²) in [7, 11) is 0. The van der Waals surface area contributed by atoms with Crippen molar-refractivity contribution in [3.8, 4) is 0 Å². The summed E-state index contributed by atoms with van der Waals surface area (Å²) in [4.78, 5) is 26.9. The van der Waals surface area contributed by atoms with Crippen molar-refractivity contribution >= 4 is 23.4 Å². The fraction of sp³-hybridized carbons (Fsp3) is 0.545. The predicted molar refractivity (Wildman–Crippen MR) is 111 cm³/mol. The van der Waals surface area contributed by atoms with E-state index in [9.17, 15) is 9.59 Å². The fourth-order valence-electron chi connectivity index (χ4n) is 3.35. The topological polar surface area (TPSA) is 49.4 Å². The molecule has 2 rings (SSSR count). The predicted octanol–water partition coefficient (Wildman–Crippen LogP) is 4.86. The highest BCUT2D eigenvalue weighted by Gasteiger charge is 2.25. The summed E-state index contributed by atoms with van der Waals surface area (Å²) in [6.07, 6.45) is 9.22. The molecule has 5 heteroatoms. The molecule has 0 fully saturated rings. The van der Waals surface area contributed by atoms with Crippen LogP contribution in [0, 0.1) is 0 Å². The van der Waals surface area contributed by atoms with Gasteiger partial charge in [0.05, 0.1) is 0 Å². The zero-order chi connectivity index (χ0) is 19.6. The van der Waals surface area contributed by atoms with Crippen molar-refractivity contribution < 1.29 is 9.59 Å². The molecule has 0 aliphatic heterocycles. The quantitative estimate of drug-likeness (QED) is 0.612. The Balaban J connectivity index is 1.95.